The highest BCUT2D eigenvalue weighted by Gasteiger charge is 2.23. The fourth-order valence-corrected chi connectivity index (χ4v) is 4.57. The summed E-state index contributed by atoms with van der Waals surface area (Å²) in [4.78, 5) is 24.8. The van der Waals surface area contributed by atoms with E-state index in [1.807, 2.05) is 0 Å². The molecule has 0 saturated carbocycles. The maximum Gasteiger partial charge on any atom is 0.243 e. The Bertz CT molecular complexity index is 1080. The number of nitrogens with zero attached hydrogens (tertiary/aromatic N) is 1. The summed E-state index contributed by atoms with van der Waals surface area (Å²) in [5, 5.41) is 12.5. The van der Waals surface area contributed by atoms with Crippen molar-refractivity contribution < 1.29 is 32.6 Å². The Balaban J connectivity index is 2.09. The first-order valence-electron chi connectivity index (χ1n) is 10.1. The highest BCUT2D eigenvalue weighted by atomic mass is 32.2. The Hall–Kier alpha value is -3.11. The topological polar surface area (TPSA) is 122 Å². The smallest absolute Gasteiger partial charge is 0.243 e. The second-order valence-electron chi connectivity index (χ2n) is 6.81. The van der Waals surface area contributed by atoms with E-state index in [0.29, 0.717) is 30.2 Å². The van der Waals surface area contributed by atoms with E-state index in [1.165, 1.54) is 42.8 Å². The number of phenolic OH excluding ortho intramolecular Hbond substituents is 1. The van der Waals surface area contributed by atoms with Crippen LogP contribution in [0.3, 0.4) is 0 Å². The summed E-state index contributed by atoms with van der Waals surface area (Å²) < 4.78 is 37.0. The van der Waals surface area contributed by atoms with Crippen molar-refractivity contribution in [3.05, 3.63) is 42.0 Å². The Labute approximate surface area is 188 Å². The molecule has 0 heterocycles. The van der Waals surface area contributed by atoms with Gasteiger partial charge in [-0.25, -0.2) is 8.42 Å². The molecule has 2 N–H and O–H groups in total. The summed E-state index contributed by atoms with van der Waals surface area (Å²) in [6, 6.07) is 8.41. The quantitative estimate of drug-likeness (QED) is 0.387. The number of hydrogen-bond acceptors (Lipinski definition) is 7. The van der Waals surface area contributed by atoms with E-state index in [1.54, 1.807) is 26.0 Å². The van der Waals surface area contributed by atoms with Crippen LogP contribution in [-0.2, 0) is 14.8 Å². The summed E-state index contributed by atoms with van der Waals surface area (Å²) >= 11 is 0. The van der Waals surface area contributed by atoms with Gasteiger partial charge in [0.15, 0.2) is 17.3 Å². The van der Waals surface area contributed by atoms with Crippen LogP contribution in [0.5, 0.6) is 17.2 Å². The molecule has 0 spiro atoms. The summed E-state index contributed by atoms with van der Waals surface area (Å²) in [6.45, 7) is 4.03. The van der Waals surface area contributed by atoms with Crippen LogP contribution >= 0.6 is 0 Å². The molecule has 2 rings (SSSR count). The summed E-state index contributed by atoms with van der Waals surface area (Å²) in [5.74, 6) is -0.200. The largest absolute Gasteiger partial charge is 0.506 e. The standard InChI is InChI=1S/C22H28N2O7S/c1-5-24(6-2)32(28,29)16-8-9-19(26)17(14-16)23-22(27)12-10-18(25)15-7-11-20(30-3)21(13-15)31-4/h7-9,11,13-14,26H,5-6,10,12H2,1-4H3,(H,23,27). The van der Waals surface area contributed by atoms with E-state index in [0.717, 1.165) is 0 Å². The molecule has 10 heteroatoms. The fraction of sp³-hybridized carbons (Fsp3) is 0.364. The van der Waals surface area contributed by atoms with Crippen molar-refractivity contribution in [3.63, 3.8) is 0 Å². The van der Waals surface area contributed by atoms with Crippen LogP contribution in [0, 0.1) is 0 Å². The minimum absolute atomic E-state index is 0.0400. The Kier molecular flexibility index (Phi) is 8.62. The number of Topliss-reactive ketones (excluding diaryl/α,β-unsaturated/α-hetero) is 1. The number of carbonyl (C=O) groups is 2. The number of phenols is 1. The maximum atomic E-state index is 12.7. The first-order valence-corrected chi connectivity index (χ1v) is 11.5. The minimum Gasteiger partial charge on any atom is -0.506 e. The van der Waals surface area contributed by atoms with Crippen LogP contribution in [0.2, 0.25) is 0 Å². The second kappa shape index (κ2) is 11.0. The van der Waals surface area contributed by atoms with Gasteiger partial charge in [0.25, 0.3) is 0 Å². The Morgan fingerprint density at radius 3 is 2.22 bits per heavy atom. The Morgan fingerprint density at radius 1 is 0.969 bits per heavy atom. The first-order chi connectivity index (χ1) is 15.2. The molecule has 0 atom stereocenters. The highest BCUT2D eigenvalue weighted by Crippen LogP contribution is 2.29. The molecule has 0 radical (unpaired) electrons. The van der Waals surface area contributed by atoms with Gasteiger partial charge in [-0.2, -0.15) is 4.31 Å². The highest BCUT2D eigenvalue weighted by molar-refractivity contribution is 7.89. The Morgan fingerprint density at radius 2 is 1.62 bits per heavy atom. The van der Waals surface area contributed by atoms with E-state index < -0.39 is 15.9 Å². The van der Waals surface area contributed by atoms with Crippen LogP contribution in [0.4, 0.5) is 5.69 Å². The van der Waals surface area contributed by atoms with Gasteiger partial charge in [0, 0.05) is 31.5 Å². The predicted octanol–water partition coefficient (Wildman–Crippen LogP) is 3.04. The lowest BCUT2D eigenvalue weighted by Crippen LogP contribution is -2.30. The first kappa shape index (κ1) is 25.2. The molecule has 1 amide bonds. The van der Waals surface area contributed by atoms with Crippen molar-refractivity contribution in [2.24, 2.45) is 0 Å². The van der Waals surface area contributed by atoms with Crippen molar-refractivity contribution in [3.8, 4) is 17.2 Å². The normalized spacial score (nSPS) is 11.3. The van der Waals surface area contributed by atoms with E-state index in [9.17, 15) is 23.1 Å². The average molecular weight is 465 g/mol. The third-order valence-corrected chi connectivity index (χ3v) is 6.92. The average Bonchev–Trinajstić information content (AvgIpc) is 2.78. The van der Waals surface area contributed by atoms with Gasteiger partial charge in [0.05, 0.1) is 24.8 Å². The SMILES string of the molecule is CCN(CC)S(=O)(=O)c1ccc(O)c(NC(=O)CCC(=O)c2ccc(OC)c(OC)c2)c1. The van der Waals surface area contributed by atoms with Gasteiger partial charge in [-0.3, -0.25) is 9.59 Å². The van der Waals surface area contributed by atoms with E-state index >= 15 is 0 Å². The number of ether oxygens (including phenoxy) is 2. The number of benzene rings is 2. The molecule has 0 aromatic heterocycles. The zero-order valence-corrected chi connectivity index (χ0v) is 19.4. The second-order valence-corrected chi connectivity index (χ2v) is 8.75. The third-order valence-electron chi connectivity index (χ3n) is 4.87. The van der Waals surface area contributed by atoms with Crippen molar-refractivity contribution in [1.29, 1.82) is 0 Å². The zero-order valence-electron chi connectivity index (χ0n) is 18.5. The lowest BCUT2D eigenvalue weighted by atomic mass is 10.1. The third kappa shape index (κ3) is 5.77. The zero-order chi connectivity index (χ0) is 23.9. The van der Waals surface area contributed by atoms with Gasteiger partial charge in [-0.15, -0.1) is 0 Å². The number of anilines is 1. The fourth-order valence-electron chi connectivity index (χ4n) is 3.08. The monoisotopic (exact) mass is 464 g/mol. The number of methoxy groups -OCH3 is 2. The number of ketones is 1. The molecular formula is C22H28N2O7S. The molecule has 0 aliphatic rings. The molecule has 32 heavy (non-hydrogen) atoms. The lowest BCUT2D eigenvalue weighted by Gasteiger charge is -2.19. The molecule has 0 saturated heterocycles. The number of aromatic hydroxyl groups is 1. The summed E-state index contributed by atoms with van der Waals surface area (Å²) in [5.41, 5.74) is 0.326. The molecule has 9 nitrogen and oxygen atoms in total. The van der Waals surface area contributed by atoms with Crippen molar-refractivity contribution in [1.82, 2.24) is 4.31 Å². The van der Waals surface area contributed by atoms with Crippen LogP contribution in [0.25, 0.3) is 0 Å². The van der Waals surface area contributed by atoms with Crippen LogP contribution in [0.1, 0.15) is 37.0 Å². The molecule has 0 fully saturated rings. The predicted molar refractivity (Wildman–Crippen MR) is 120 cm³/mol. The number of sulfonamides is 1. The van der Waals surface area contributed by atoms with Gasteiger partial charge in [-0.05, 0) is 36.4 Å². The van der Waals surface area contributed by atoms with Crippen molar-refractivity contribution in [2.45, 2.75) is 31.6 Å². The van der Waals surface area contributed by atoms with Crippen LogP contribution < -0.4 is 14.8 Å². The molecule has 0 aliphatic carbocycles. The molecule has 0 aliphatic heterocycles. The minimum atomic E-state index is -3.76. The number of amides is 1. The van der Waals surface area contributed by atoms with Crippen LogP contribution in [-0.4, -0.2) is 56.8 Å². The molecule has 0 unspecified atom stereocenters. The van der Waals surface area contributed by atoms with Crippen LogP contribution in [0.15, 0.2) is 41.3 Å². The van der Waals surface area contributed by atoms with Crippen molar-refractivity contribution in [2.75, 3.05) is 32.6 Å². The van der Waals surface area contributed by atoms with Gasteiger partial charge in [-0.1, -0.05) is 13.8 Å². The summed E-state index contributed by atoms with van der Waals surface area (Å²) in [6.07, 6.45) is -0.237. The number of carbonyl (C=O) groups excluding carboxylic acids is 2. The maximum absolute atomic E-state index is 12.7. The van der Waals surface area contributed by atoms with Gasteiger partial charge in [0.1, 0.15) is 5.75 Å². The van der Waals surface area contributed by atoms with Gasteiger partial charge >= 0.3 is 0 Å². The van der Waals surface area contributed by atoms with Crippen molar-refractivity contribution >= 4 is 27.4 Å². The van der Waals surface area contributed by atoms with E-state index in [2.05, 4.69) is 5.32 Å². The molecular weight excluding hydrogens is 436 g/mol. The molecule has 174 valence electrons. The number of hydrogen-bond donors (Lipinski definition) is 2. The molecule has 2 aromatic carbocycles. The number of rotatable bonds is 11. The summed E-state index contributed by atoms with van der Waals surface area (Å²) in [7, 11) is -0.809. The molecule has 2 aromatic rings. The van der Waals surface area contributed by atoms with Gasteiger partial charge in [0.2, 0.25) is 15.9 Å². The molecule has 0 bridgehead atoms. The lowest BCUT2D eigenvalue weighted by molar-refractivity contribution is -0.116. The van der Waals surface area contributed by atoms with E-state index in [4.69, 9.17) is 9.47 Å². The number of nitrogens with one attached hydrogen (secondary N) is 1. The van der Waals surface area contributed by atoms with E-state index in [-0.39, 0.29) is 35.0 Å². The van der Waals surface area contributed by atoms with Gasteiger partial charge < -0.3 is 19.9 Å².